The quantitative estimate of drug-likeness (QED) is 0.641. The van der Waals surface area contributed by atoms with Crippen LogP contribution in [0.2, 0.25) is 5.02 Å². The summed E-state index contributed by atoms with van der Waals surface area (Å²) < 4.78 is 1.90. The molecule has 0 aliphatic rings. The van der Waals surface area contributed by atoms with Crippen molar-refractivity contribution in [2.75, 3.05) is 6.54 Å². The second-order valence-corrected chi connectivity index (χ2v) is 7.22. The first-order valence-corrected chi connectivity index (χ1v) is 9.59. The Hall–Kier alpha value is -2.86. The molecule has 2 amide bonds. The van der Waals surface area contributed by atoms with Crippen LogP contribution in [0.3, 0.4) is 0 Å². The number of carbonyl (C=O) groups is 2. The highest BCUT2D eigenvalue weighted by molar-refractivity contribution is 6.33. The lowest BCUT2D eigenvalue weighted by atomic mass is 10.2. The van der Waals surface area contributed by atoms with Gasteiger partial charge in [0, 0.05) is 19.0 Å². The van der Waals surface area contributed by atoms with Crippen LogP contribution in [0.15, 0.2) is 48.5 Å². The zero-order valence-electron chi connectivity index (χ0n) is 15.9. The van der Waals surface area contributed by atoms with E-state index in [0.717, 1.165) is 16.9 Å². The topological polar surface area (TPSA) is 76.0 Å². The highest BCUT2D eigenvalue weighted by Gasteiger charge is 2.15. The maximum absolute atomic E-state index is 12.3. The largest absolute Gasteiger partial charge is 0.352 e. The molecule has 6 nitrogen and oxygen atoms in total. The molecule has 0 saturated carbocycles. The molecular weight excluding hydrogens is 376 g/mol. The minimum Gasteiger partial charge on any atom is -0.352 e. The van der Waals surface area contributed by atoms with E-state index in [4.69, 9.17) is 11.6 Å². The van der Waals surface area contributed by atoms with Crippen LogP contribution in [-0.2, 0) is 17.8 Å². The Morgan fingerprint density at radius 1 is 1.11 bits per heavy atom. The molecule has 0 fully saturated rings. The minimum atomic E-state index is -0.231. The van der Waals surface area contributed by atoms with Crippen LogP contribution < -0.4 is 10.6 Å². The second-order valence-electron chi connectivity index (χ2n) is 6.81. The predicted molar refractivity (Wildman–Crippen MR) is 111 cm³/mol. The number of carbonyl (C=O) groups excluding carboxylic acids is 2. The number of rotatable bonds is 7. The van der Waals surface area contributed by atoms with Gasteiger partial charge in [0.25, 0.3) is 5.91 Å². The third-order valence-electron chi connectivity index (χ3n) is 4.24. The van der Waals surface area contributed by atoms with Gasteiger partial charge < -0.3 is 15.2 Å². The van der Waals surface area contributed by atoms with Crippen molar-refractivity contribution in [3.05, 3.63) is 64.9 Å². The van der Waals surface area contributed by atoms with Crippen LogP contribution in [0, 0.1) is 0 Å². The Bertz CT molecular complexity index is 997. The number of nitrogens with one attached hydrogen (secondary N) is 2. The average molecular weight is 399 g/mol. The Labute approximate surface area is 168 Å². The highest BCUT2D eigenvalue weighted by atomic mass is 35.5. The van der Waals surface area contributed by atoms with Gasteiger partial charge >= 0.3 is 0 Å². The molecule has 0 aliphatic carbocycles. The van der Waals surface area contributed by atoms with E-state index in [1.54, 1.807) is 24.3 Å². The van der Waals surface area contributed by atoms with Gasteiger partial charge in [-0.15, -0.1) is 0 Å². The number of nitrogens with zero attached hydrogens (tertiary/aromatic N) is 2. The van der Waals surface area contributed by atoms with Gasteiger partial charge in [-0.1, -0.05) is 35.9 Å². The first kappa shape index (κ1) is 19.9. The Morgan fingerprint density at radius 3 is 2.57 bits per heavy atom. The fraction of sp³-hybridized carbons (Fsp3) is 0.286. The van der Waals surface area contributed by atoms with Crippen LogP contribution in [0.25, 0.3) is 11.0 Å². The maximum atomic E-state index is 12.3. The highest BCUT2D eigenvalue weighted by Crippen LogP contribution is 2.17. The van der Waals surface area contributed by atoms with Crippen molar-refractivity contribution in [3.63, 3.8) is 0 Å². The van der Waals surface area contributed by atoms with Crippen molar-refractivity contribution in [2.45, 2.75) is 32.9 Å². The van der Waals surface area contributed by atoms with Crippen molar-refractivity contribution in [3.8, 4) is 0 Å². The zero-order chi connectivity index (χ0) is 20.1. The number of fused-ring (bicyclic) bond motifs is 1. The standard InChI is InChI=1S/C21H23ClN4O2/c1-14(2)24-20(27)13-26-18-10-6-5-9-17(18)25-19(26)11-12-23-21(28)15-7-3-4-8-16(15)22/h3-10,14H,11-13H2,1-2H3,(H,23,28)(H,24,27). The van der Waals surface area contributed by atoms with E-state index in [9.17, 15) is 9.59 Å². The molecule has 0 bridgehead atoms. The second kappa shape index (κ2) is 8.89. The summed E-state index contributed by atoms with van der Waals surface area (Å²) in [6.45, 7) is 4.43. The molecule has 0 aliphatic heterocycles. The normalized spacial score (nSPS) is 11.0. The minimum absolute atomic E-state index is 0.0699. The molecule has 0 atom stereocenters. The molecule has 28 heavy (non-hydrogen) atoms. The molecule has 0 unspecified atom stereocenters. The van der Waals surface area contributed by atoms with Crippen LogP contribution in [-0.4, -0.2) is 34.0 Å². The van der Waals surface area contributed by atoms with Crippen LogP contribution in [0.4, 0.5) is 0 Å². The lowest BCUT2D eigenvalue weighted by molar-refractivity contribution is -0.122. The van der Waals surface area contributed by atoms with Gasteiger partial charge in [-0.05, 0) is 38.1 Å². The lowest BCUT2D eigenvalue weighted by Gasteiger charge is -2.12. The summed E-state index contributed by atoms with van der Waals surface area (Å²) in [6, 6.07) is 14.7. The monoisotopic (exact) mass is 398 g/mol. The van der Waals surface area contributed by atoms with E-state index in [0.29, 0.717) is 23.6 Å². The van der Waals surface area contributed by atoms with E-state index in [1.165, 1.54) is 0 Å². The summed E-state index contributed by atoms with van der Waals surface area (Å²) in [7, 11) is 0. The van der Waals surface area contributed by atoms with Gasteiger partial charge in [-0.2, -0.15) is 0 Å². The maximum Gasteiger partial charge on any atom is 0.252 e. The molecule has 1 aromatic heterocycles. The van der Waals surface area contributed by atoms with Crippen LogP contribution >= 0.6 is 11.6 Å². The van der Waals surface area contributed by atoms with E-state index in [2.05, 4.69) is 15.6 Å². The fourth-order valence-corrected chi connectivity index (χ4v) is 3.25. The lowest BCUT2D eigenvalue weighted by Crippen LogP contribution is -2.33. The molecule has 0 saturated heterocycles. The molecular formula is C21H23ClN4O2. The summed E-state index contributed by atoms with van der Waals surface area (Å²) in [5.41, 5.74) is 2.16. The Balaban J connectivity index is 1.73. The van der Waals surface area contributed by atoms with Gasteiger partial charge in [0.1, 0.15) is 12.4 Å². The fourth-order valence-electron chi connectivity index (χ4n) is 3.03. The number of hydrogen-bond donors (Lipinski definition) is 2. The third kappa shape index (κ3) is 4.70. The molecule has 7 heteroatoms. The number of para-hydroxylation sites is 2. The summed E-state index contributed by atoms with van der Waals surface area (Å²) in [6.07, 6.45) is 0.500. The molecule has 2 N–H and O–H groups in total. The van der Waals surface area contributed by atoms with Crippen LogP contribution in [0.1, 0.15) is 30.0 Å². The predicted octanol–water partition coefficient (Wildman–Crippen LogP) is 3.19. The van der Waals surface area contributed by atoms with Crippen molar-refractivity contribution >= 4 is 34.4 Å². The Kier molecular flexibility index (Phi) is 6.31. The van der Waals surface area contributed by atoms with Crippen molar-refractivity contribution in [1.29, 1.82) is 0 Å². The van der Waals surface area contributed by atoms with E-state index in [-0.39, 0.29) is 24.4 Å². The van der Waals surface area contributed by atoms with Gasteiger partial charge in [0.15, 0.2) is 0 Å². The number of imidazole rings is 1. The smallest absolute Gasteiger partial charge is 0.252 e. The number of amides is 2. The molecule has 3 aromatic rings. The summed E-state index contributed by atoms with van der Waals surface area (Å²) >= 11 is 6.07. The summed E-state index contributed by atoms with van der Waals surface area (Å²) in [5, 5.41) is 6.19. The van der Waals surface area contributed by atoms with E-state index < -0.39 is 0 Å². The molecule has 0 spiro atoms. The summed E-state index contributed by atoms with van der Waals surface area (Å²) in [4.78, 5) is 29.2. The van der Waals surface area contributed by atoms with E-state index in [1.807, 2.05) is 42.7 Å². The molecule has 146 valence electrons. The van der Waals surface area contributed by atoms with Gasteiger partial charge in [0.05, 0.1) is 21.6 Å². The molecule has 0 radical (unpaired) electrons. The molecule has 1 heterocycles. The Morgan fingerprint density at radius 2 is 1.82 bits per heavy atom. The average Bonchev–Trinajstić information content (AvgIpc) is 2.99. The number of benzene rings is 2. The van der Waals surface area contributed by atoms with Crippen LogP contribution in [0.5, 0.6) is 0 Å². The van der Waals surface area contributed by atoms with Crippen molar-refractivity contribution < 1.29 is 9.59 Å². The SMILES string of the molecule is CC(C)NC(=O)Cn1c(CCNC(=O)c2ccccc2Cl)nc2ccccc21. The molecule has 2 aromatic carbocycles. The first-order valence-electron chi connectivity index (χ1n) is 9.22. The zero-order valence-corrected chi connectivity index (χ0v) is 16.7. The third-order valence-corrected chi connectivity index (χ3v) is 4.57. The number of aromatic nitrogens is 2. The number of hydrogen-bond acceptors (Lipinski definition) is 3. The van der Waals surface area contributed by atoms with Gasteiger partial charge in [0.2, 0.25) is 5.91 Å². The van der Waals surface area contributed by atoms with Gasteiger partial charge in [-0.25, -0.2) is 4.98 Å². The van der Waals surface area contributed by atoms with Gasteiger partial charge in [-0.3, -0.25) is 9.59 Å². The van der Waals surface area contributed by atoms with Crippen molar-refractivity contribution in [2.24, 2.45) is 0 Å². The van der Waals surface area contributed by atoms with E-state index >= 15 is 0 Å². The first-order chi connectivity index (χ1) is 13.5. The summed E-state index contributed by atoms with van der Waals surface area (Å²) in [5.74, 6) is 0.449. The molecule has 3 rings (SSSR count). The van der Waals surface area contributed by atoms with Crippen molar-refractivity contribution in [1.82, 2.24) is 20.2 Å². The number of halogens is 1.